The number of nitrogens with zero attached hydrogens (tertiary/aromatic N) is 4. The Labute approximate surface area is 121 Å². The zero-order valence-electron chi connectivity index (χ0n) is 11.6. The lowest BCUT2D eigenvalue weighted by Crippen LogP contribution is -1.98. The van der Waals surface area contributed by atoms with Crippen molar-refractivity contribution in [2.45, 2.75) is 18.8 Å². The number of fused-ring (bicyclic) bond motifs is 1. The fraction of sp³-hybridized carbons (Fsp3) is 0.267. The van der Waals surface area contributed by atoms with Gasteiger partial charge in [-0.3, -0.25) is 4.68 Å². The first-order valence-electron chi connectivity index (χ1n) is 6.93. The molecule has 21 heavy (non-hydrogen) atoms. The molecule has 1 fully saturated rings. The van der Waals surface area contributed by atoms with E-state index in [-0.39, 0.29) is 0 Å². The van der Waals surface area contributed by atoms with E-state index in [4.69, 9.17) is 0 Å². The number of aromatic nitrogens is 4. The molecule has 1 aliphatic rings. The quantitative estimate of drug-likeness (QED) is 0.771. The highest BCUT2D eigenvalue weighted by atomic mass is 15.3. The highest BCUT2D eigenvalue weighted by Gasteiger charge is 2.28. The van der Waals surface area contributed by atoms with Gasteiger partial charge in [-0.2, -0.15) is 10.4 Å². The summed E-state index contributed by atoms with van der Waals surface area (Å²) in [5, 5.41) is 17.7. The average molecular weight is 278 g/mol. The summed E-state index contributed by atoms with van der Waals surface area (Å²) in [6, 6.07) is 6.18. The molecule has 0 spiro atoms. The van der Waals surface area contributed by atoms with Gasteiger partial charge in [0.15, 0.2) is 5.82 Å². The van der Waals surface area contributed by atoms with Crippen molar-refractivity contribution in [1.82, 2.24) is 19.7 Å². The van der Waals surface area contributed by atoms with Crippen molar-refractivity contribution in [1.29, 1.82) is 5.26 Å². The van der Waals surface area contributed by atoms with Crippen LogP contribution in [0.15, 0.2) is 24.5 Å². The second-order valence-corrected chi connectivity index (χ2v) is 5.41. The van der Waals surface area contributed by atoms with Crippen molar-refractivity contribution >= 4 is 22.7 Å². The Hall–Kier alpha value is -2.81. The highest BCUT2D eigenvalue weighted by molar-refractivity contribution is 5.88. The van der Waals surface area contributed by atoms with Crippen LogP contribution in [0.25, 0.3) is 11.0 Å². The fourth-order valence-electron chi connectivity index (χ4n) is 2.65. The molecule has 3 aromatic heterocycles. The number of rotatable bonds is 3. The van der Waals surface area contributed by atoms with Crippen molar-refractivity contribution in [2.75, 3.05) is 5.32 Å². The third-order valence-corrected chi connectivity index (χ3v) is 3.78. The molecule has 6 heteroatoms. The summed E-state index contributed by atoms with van der Waals surface area (Å²) >= 11 is 0. The van der Waals surface area contributed by atoms with Crippen LogP contribution in [-0.4, -0.2) is 19.7 Å². The molecule has 1 saturated carbocycles. The molecule has 2 N–H and O–H groups in total. The Kier molecular flexibility index (Phi) is 2.48. The minimum Gasteiger partial charge on any atom is -0.345 e. The van der Waals surface area contributed by atoms with E-state index in [9.17, 15) is 5.26 Å². The van der Waals surface area contributed by atoms with Gasteiger partial charge in [-0.25, -0.2) is 4.98 Å². The normalized spacial score (nSPS) is 14.3. The zero-order chi connectivity index (χ0) is 14.4. The van der Waals surface area contributed by atoms with E-state index in [1.54, 1.807) is 10.9 Å². The number of H-pyrrole nitrogens is 1. The van der Waals surface area contributed by atoms with Crippen LogP contribution >= 0.6 is 0 Å². The van der Waals surface area contributed by atoms with Gasteiger partial charge in [-0.05, 0) is 30.4 Å². The number of hydrogen-bond donors (Lipinski definition) is 2. The number of nitriles is 1. The van der Waals surface area contributed by atoms with Crippen LogP contribution in [0.4, 0.5) is 11.6 Å². The van der Waals surface area contributed by atoms with Crippen LogP contribution in [0.5, 0.6) is 0 Å². The molecular formula is C15H14N6. The molecule has 0 amide bonds. The molecule has 3 aromatic rings. The van der Waals surface area contributed by atoms with Crippen LogP contribution in [0.3, 0.4) is 0 Å². The monoisotopic (exact) mass is 278 g/mol. The lowest BCUT2D eigenvalue weighted by atomic mass is 10.1. The molecule has 4 rings (SSSR count). The Morgan fingerprint density at radius 3 is 2.95 bits per heavy atom. The van der Waals surface area contributed by atoms with E-state index in [1.165, 1.54) is 18.4 Å². The van der Waals surface area contributed by atoms with Crippen LogP contribution in [0.1, 0.15) is 29.9 Å². The third kappa shape index (κ3) is 2.03. The van der Waals surface area contributed by atoms with Gasteiger partial charge in [-0.1, -0.05) is 0 Å². The number of aromatic amines is 1. The molecule has 0 atom stereocenters. The van der Waals surface area contributed by atoms with Gasteiger partial charge < -0.3 is 10.3 Å². The van der Waals surface area contributed by atoms with Crippen LogP contribution in [0, 0.1) is 11.3 Å². The first-order valence-corrected chi connectivity index (χ1v) is 6.93. The second-order valence-electron chi connectivity index (χ2n) is 5.41. The summed E-state index contributed by atoms with van der Waals surface area (Å²) in [6.45, 7) is 0. The molecule has 3 heterocycles. The SMILES string of the molecule is Cn1ccc(Nc2cc(C3CC3)c3c(C#N)c[nH]c3n2)n1. The van der Waals surface area contributed by atoms with Crippen molar-refractivity contribution in [3.8, 4) is 6.07 Å². The maximum absolute atomic E-state index is 9.23. The van der Waals surface area contributed by atoms with E-state index in [0.717, 1.165) is 22.7 Å². The summed E-state index contributed by atoms with van der Waals surface area (Å²) in [5.41, 5.74) is 2.63. The van der Waals surface area contributed by atoms with Gasteiger partial charge in [0.2, 0.25) is 0 Å². The average Bonchev–Trinajstić information content (AvgIpc) is 3.12. The maximum Gasteiger partial charge on any atom is 0.153 e. The van der Waals surface area contributed by atoms with Gasteiger partial charge in [-0.15, -0.1) is 0 Å². The van der Waals surface area contributed by atoms with Gasteiger partial charge >= 0.3 is 0 Å². The third-order valence-electron chi connectivity index (χ3n) is 3.78. The second kappa shape index (κ2) is 4.35. The van der Waals surface area contributed by atoms with Crippen LogP contribution in [0.2, 0.25) is 0 Å². The van der Waals surface area contributed by atoms with Crippen LogP contribution in [-0.2, 0) is 7.05 Å². The van der Waals surface area contributed by atoms with Crippen molar-refractivity contribution in [3.05, 3.63) is 35.7 Å². The van der Waals surface area contributed by atoms with Crippen LogP contribution < -0.4 is 5.32 Å². The molecule has 104 valence electrons. The van der Waals surface area contributed by atoms with Crippen molar-refractivity contribution < 1.29 is 0 Å². The van der Waals surface area contributed by atoms with E-state index < -0.39 is 0 Å². The lowest BCUT2D eigenvalue weighted by Gasteiger charge is -2.07. The maximum atomic E-state index is 9.23. The number of anilines is 2. The molecule has 0 aromatic carbocycles. The smallest absolute Gasteiger partial charge is 0.153 e. The van der Waals surface area contributed by atoms with E-state index in [2.05, 4.69) is 26.5 Å². The molecule has 0 radical (unpaired) electrons. The molecule has 0 saturated heterocycles. The van der Waals surface area contributed by atoms with Gasteiger partial charge in [0.05, 0.1) is 5.56 Å². The molecule has 0 aliphatic heterocycles. The fourth-order valence-corrected chi connectivity index (χ4v) is 2.65. The van der Waals surface area contributed by atoms with Gasteiger partial charge in [0.25, 0.3) is 0 Å². The Morgan fingerprint density at radius 1 is 1.43 bits per heavy atom. The number of aryl methyl sites for hydroxylation is 1. The summed E-state index contributed by atoms with van der Waals surface area (Å²) < 4.78 is 1.74. The van der Waals surface area contributed by atoms with Gasteiger partial charge in [0.1, 0.15) is 17.5 Å². The first-order chi connectivity index (χ1) is 10.2. The predicted octanol–water partition coefficient (Wildman–Crippen LogP) is 2.79. The standard InChI is InChI=1S/C15H14N6/c1-21-5-4-12(20-21)18-13-6-11(9-2-3-9)14-10(7-16)8-17-15(14)19-13/h4-6,8-9H,2-3H2,1H3,(H2,17,18,19,20). The Bertz CT molecular complexity index is 862. The molecular weight excluding hydrogens is 264 g/mol. The zero-order valence-corrected chi connectivity index (χ0v) is 11.6. The predicted molar refractivity (Wildman–Crippen MR) is 79.3 cm³/mol. The number of nitrogens with one attached hydrogen (secondary N) is 2. The first kappa shape index (κ1) is 12.0. The highest BCUT2D eigenvalue weighted by Crippen LogP contribution is 2.44. The van der Waals surface area contributed by atoms with Gasteiger partial charge in [0, 0.05) is 30.9 Å². The largest absolute Gasteiger partial charge is 0.345 e. The van der Waals surface area contributed by atoms with Crippen molar-refractivity contribution in [2.24, 2.45) is 7.05 Å². The van der Waals surface area contributed by atoms with E-state index in [1.807, 2.05) is 25.4 Å². The summed E-state index contributed by atoms with van der Waals surface area (Å²) in [7, 11) is 1.88. The summed E-state index contributed by atoms with van der Waals surface area (Å²) in [6.07, 6.45) is 5.97. The topological polar surface area (TPSA) is 82.3 Å². The molecule has 0 bridgehead atoms. The number of pyridine rings is 1. The minimum absolute atomic E-state index is 0.544. The molecule has 1 aliphatic carbocycles. The van der Waals surface area contributed by atoms with Crippen molar-refractivity contribution in [3.63, 3.8) is 0 Å². The lowest BCUT2D eigenvalue weighted by molar-refractivity contribution is 0.771. The summed E-state index contributed by atoms with van der Waals surface area (Å²) in [5.74, 6) is 2.07. The molecule has 6 nitrogen and oxygen atoms in total. The van der Waals surface area contributed by atoms with E-state index in [0.29, 0.717) is 11.5 Å². The minimum atomic E-state index is 0.544. The molecule has 0 unspecified atom stereocenters. The number of hydrogen-bond acceptors (Lipinski definition) is 4. The van der Waals surface area contributed by atoms with E-state index >= 15 is 0 Å². The summed E-state index contributed by atoms with van der Waals surface area (Å²) in [4.78, 5) is 7.65. The Morgan fingerprint density at radius 2 is 2.29 bits per heavy atom. The Balaban J connectivity index is 1.82.